The van der Waals surface area contributed by atoms with Crippen molar-refractivity contribution >= 4 is 17.7 Å². The van der Waals surface area contributed by atoms with Gasteiger partial charge in [0.1, 0.15) is 17.4 Å². The van der Waals surface area contributed by atoms with E-state index < -0.39 is 35.5 Å². The van der Waals surface area contributed by atoms with Gasteiger partial charge < -0.3 is 24.8 Å². The fraction of sp³-hybridized carbons (Fsp3) is 0.591. The highest BCUT2D eigenvalue weighted by molar-refractivity contribution is 6.19. The van der Waals surface area contributed by atoms with Gasteiger partial charge in [-0.05, 0) is 31.8 Å². The molecular weight excluding hydrogens is 401 g/mol. The number of aliphatic hydroxyl groups excluding tert-OH is 2. The minimum Gasteiger partial charge on any atom is -0.511 e. The summed E-state index contributed by atoms with van der Waals surface area (Å²) in [4.78, 5) is 35.8. The van der Waals surface area contributed by atoms with Crippen LogP contribution < -0.4 is 0 Å². The van der Waals surface area contributed by atoms with Crippen LogP contribution in [0.1, 0.15) is 52.9 Å². The number of methoxy groups -OCH3 is 1. The monoisotopic (exact) mass is 433 g/mol. The van der Waals surface area contributed by atoms with Gasteiger partial charge in [0.2, 0.25) is 5.60 Å². The van der Waals surface area contributed by atoms with Gasteiger partial charge in [0, 0.05) is 12.8 Å². The topological polar surface area (TPSA) is 130 Å². The van der Waals surface area contributed by atoms with Crippen molar-refractivity contribution in [2.45, 2.75) is 70.7 Å². The van der Waals surface area contributed by atoms with E-state index in [1.54, 1.807) is 13.8 Å². The van der Waals surface area contributed by atoms with Crippen LogP contribution in [0, 0.1) is 5.92 Å². The molecule has 0 spiro atoms. The van der Waals surface area contributed by atoms with Crippen LogP contribution in [0.5, 0.6) is 0 Å². The highest BCUT2D eigenvalue weighted by atomic mass is 18.4. The summed E-state index contributed by atoms with van der Waals surface area (Å²) < 4.78 is 9.60. The lowest BCUT2D eigenvalue weighted by molar-refractivity contribution is -0.170. The van der Waals surface area contributed by atoms with E-state index in [1.165, 1.54) is 12.2 Å². The summed E-state index contributed by atoms with van der Waals surface area (Å²) in [5, 5.41) is 31.1. The van der Waals surface area contributed by atoms with Crippen LogP contribution in [0.4, 0.5) is 0 Å². The summed E-state index contributed by atoms with van der Waals surface area (Å²) in [6.45, 7) is 8.99. The number of hydrogen-bond donors (Lipinski definition) is 3. The zero-order valence-corrected chi connectivity index (χ0v) is 18.0. The van der Waals surface area contributed by atoms with Gasteiger partial charge in [-0.15, -0.1) is 0 Å². The van der Waals surface area contributed by atoms with E-state index in [4.69, 9.17) is 4.74 Å². The van der Waals surface area contributed by atoms with Gasteiger partial charge in [-0.1, -0.05) is 38.5 Å². The van der Waals surface area contributed by atoms with Crippen molar-refractivity contribution in [3.63, 3.8) is 0 Å². The number of rotatable bonds is 10. The molecule has 1 heterocycles. The summed E-state index contributed by atoms with van der Waals surface area (Å²) in [6.07, 6.45) is 1.91. The zero-order chi connectivity index (χ0) is 23.1. The Morgan fingerprint density at radius 3 is 2.60 bits per heavy atom. The molecule has 1 saturated heterocycles. The molecule has 3 N–H and O–H groups in total. The van der Waals surface area contributed by atoms with Crippen molar-refractivity contribution in [3.05, 3.63) is 35.6 Å². The average molecular weight is 433 g/mol. The molecule has 168 valence electrons. The van der Waals surface area contributed by atoms with Crippen molar-refractivity contribution in [2.75, 3.05) is 7.11 Å². The minimum absolute atomic E-state index is 0.0218. The number of esters is 2. The number of hydrogen-bond acceptors (Lipinski definition) is 8. The molecule has 0 radical (unpaired) electrons. The highest BCUT2D eigenvalue weighted by Gasteiger charge is 2.44. The number of allylic oxidation sites excluding steroid dienone is 3. The molecule has 8 heteroatoms. The van der Waals surface area contributed by atoms with Crippen LogP contribution in [0.2, 0.25) is 0 Å². The largest absolute Gasteiger partial charge is 0.511 e. The van der Waals surface area contributed by atoms with Gasteiger partial charge in [0.15, 0.2) is 5.78 Å². The van der Waals surface area contributed by atoms with Crippen LogP contribution in [0.25, 0.3) is 0 Å². The van der Waals surface area contributed by atoms with E-state index in [9.17, 15) is 29.7 Å². The summed E-state index contributed by atoms with van der Waals surface area (Å²) in [7, 11) is 1.12. The van der Waals surface area contributed by atoms with Crippen LogP contribution in [-0.2, 0) is 23.9 Å². The quantitative estimate of drug-likeness (QED) is 0.0910. The second-order valence-electron chi connectivity index (χ2n) is 7.67. The molecule has 0 unspecified atom stereocenters. The predicted octanol–water partition coefficient (Wildman–Crippen LogP) is 2.30. The van der Waals surface area contributed by atoms with E-state index in [2.05, 4.69) is 11.3 Å². The Morgan fingerprint density at radius 1 is 1.43 bits per heavy atom. The number of ether oxygens (including phenoxy) is 2. The molecule has 0 aromatic carbocycles. The smallest absolute Gasteiger partial charge is 0.345 e. The van der Waals surface area contributed by atoms with Crippen LogP contribution >= 0.6 is 0 Å². The summed E-state index contributed by atoms with van der Waals surface area (Å²) in [6, 6.07) is 0. The van der Waals surface area contributed by atoms with E-state index in [0.717, 1.165) is 7.11 Å². The van der Waals surface area contributed by atoms with Crippen molar-refractivity contribution < 1.29 is 39.2 Å². The van der Waals surface area contributed by atoms with Crippen LogP contribution in [0.3, 0.4) is 0 Å². The van der Waals surface area contributed by atoms with Crippen LogP contribution in [0.15, 0.2) is 35.6 Å². The van der Waals surface area contributed by atoms with Crippen molar-refractivity contribution in [1.29, 1.82) is 0 Å². The standard InChI is InChI=1S/C22H32O8/c1-6-14(3)19(25)22(28,21(27)29-5)11-7-8-13(2)9-10-16(23)18-17(24)12-15(4)30-20(18)26/h7,11,14-15,19,23,25,28H,2,6,8-10,12H2,1,3-5H3/b11-7+,18-16+/t14-,15+,19+,22-/m0/s1/i15+1,17+1,20+1,24+2,26+2,30+2. The molecule has 1 aliphatic heterocycles. The fourth-order valence-electron chi connectivity index (χ4n) is 3.07. The van der Waals surface area contributed by atoms with Crippen LogP contribution in [-0.4, -0.2) is 58.0 Å². The first kappa shape index (κ1) is 25.6. The Kier molecular flexibility index (Phi) is 9.45. The SMILES string of the molecule is C=C(C/C=C/[C@@](O)(C(=O)OC)[C@H](O)[C@@H](C)CC)CC/C(O)=C1/[13C](=[18O])C[13C@@H](C)[18O][13C]1=[18O]. The number of cyclic esters (lactones) is 1. The van der Waals surface area contributed by atoms with Gasteiger partial charge in [-0.3, -0.25) is 4.79 Å². The van der Waals surface area contributed by atoms with Gasteiger partial charge >= 0.3 is 11.9 Å². The molecule has 30 heavy (non-hydrogen) atoms. The first-order valence-corrected chi connectivity index (χ1v) is 9.97. The second-order valence-corrected chi connectivity index (χ2v) is 7.67. The lowest BCUT2D eigenvalue weighted by Crippen LogP contribution is -2.51. The predicted molar refractivity (Wildman–Crippen MR) is 109 cm³/mol. The Bertz CT molecular complexity index is 715. The average Bonchev–Trinajstić information content (AvgIpc) is 2.69. The maximum atomic E-state index is 12.0. The Labute approximate surface area is 176 Å². The van der Waals surface area contributed by atoms with Crippen molar-refractivity contribution in [1.82, 2.24) is 0 Å². The molecule has 0 bridgehead atoms. The molecular formula is C22H32O8. The maximum Gasteiger partial charge on any atom is 0.345 e. The number of carbonyl (C=O) groups is 3. The lowest BCUT2D eigenvalue weighted by atomic mass is 9.85. The summed E-state index contributed by atoms with van der Waals surface area (Å²) in [5.41, 5.74) is -1.90. The Morgan fingerprint density at radius 2 is 2.07 bits per heavy atom. The molecule has 0 aliphatic carbocycles. The third-order valence-electron chi connectivity index (χ3n) is 5.19. The van der Waals surface area contributed by atoms with E-state index in [-0.39, 0.29) is 42.9 Å². The van der Waals surface area contributed by atoms with E-state index >= 15 is 0 Å². The third kappa shape index (κ3) is 6.27. The third-order valence-corrected chi connectivity index (χ3v) is 5.19. The number of aliphatic hydroxyl groups is 3. The minimum atomic E-state index is -2.19. The highest BCUT2D eigenvalue weighted by Crippen LogP contribution is 2.25. The molecule has 0 aromatic rings. The molecule has 0 amide bonds. The van der Waals surface area contributed by atoms with E-state index in [1.807, 2.05) is 6.92 Å². The summed E-state index contributed by atoms with van der Waals surface area (Å²) in [5.74, 6) is -2.95. The molecule has 8 nitrogen and oxygen atoms in total. The number of carbonyl (C=O) groups excluding carboxylic acids is 3. The molecule has 1 rings (SSSR count). The van der Waals surface area contributed by atoms with Gasteiger partial charge in [0.25, 0.3) is 0 Å². The molecule has 4 atom stereocenters. The van der Waals surface area contributed by atoms with Gasteiger partial charge in [-0.25, -0.2) is 9.59 Å². The first-order chi connectivity index (χ1) is 14.0. The van der Waals surface area contributed by atoms with Gasteiger partial charge in [-0.2, -0.15) is 0 Å². The second kappa shape index (κ2) is 11.1. The van der Waals surface area contributed by atoms with E-state index in [0.29, 0.717) is 12.0 Å². The Hall–Kier alpha value is -2.45. The lowest BCUT2D eigenvalue weighted by Gasteiger charge is -2.31. The fourth-order valence-corrected chi connectivity index (χ4v) is 3.07. The van der Waals surface area contributed by atoms with Crippen molar-refractivity contribution in [3.8, 4) is 0 Å². The van der Waals surface area contributed by atoms with Crippen molar-refractivity contribution in [2.24, 2.45) is 5.92 Å². The molecule has 1 aliphatic rings. The maximum absolute atomic E-state index is 12.0. The normalized spacial score (nSPS) is 22.8. The molecule has 1 fully saturated rings. The number of ketones is 1. The molecule has 0 saturated carbocycles. The zero-order valence-electron chi connectivity index (χ0n) is 18.0. The number of Topliss-reactive ketones (excluding diaryl/α,β-unsaturated/α-hetero) is 1. The summed E-state index contributed by atoms with van der Waals surface area (Å²) >= 11 is 0. The van der Waals surface area contributed by atoms with Gasteiger partial charge in [0.05, 0.1) is 13.2 Å². The molecule has 0 aromatic heterocycles. The Balaban J connectivity index is 2.77. The first-order valence-electron chi connectivity index (χ1n) is 9.97.